The summed E-state index contributed by atoms with van der Waals surface area (Å²) < 4.78 is 35.1. The number of carbonyl (C=O) groups is 1. The molecule has 7 nitrogen and oxygen atoms in total. The number of carbonyl (C=O) groups excluding carboxylic acids is 1. The standard InChI is InChI=1S/C28H27FN2O5/c1-33-24-13-18-9-10-30-23(21(18)15-26(24)35-3)12-19-14-25(34-2)27(36-4)16-22(19)31-28(32)11-17-5-7-20(29)8-6-17/h5-10,13-16H,11-12H2,1-4H3,(H,31,32). The number of pyridine rings is 1. The summed E-state index contributed by atoms with van der Waals surface area (Å²) >= 11 is 0. The van der Waals surface area contributed by atoms with Crippen LogP contribution in [0.2, 0.25) is 0 Å². The maximum atomic E-state index is 13.2. The topological polar surface area (TPSA) is 78.9 Å². The molecule has 0 aliphatic carbocycles. The van der Waals surface area contributed by atoms with Crippen LogP contribution >= 0.6 is 0 Å². The van der Waals surface area contributed by atoms with Crippen LogP contribution in [-0.4, -0.2) is 39.3 Å². The van der Waals surface area contributed by atoms with E-state index in [1.807, 2.05) is 24.3 Å². The van der Waals surface area contributed by atoms with Crippen LogP contribution < -0.4 is 24.3 Å². The van der Waals surface area contributed by atoms with Crippen molar-refractivity contribution in [1.82, 2.24) is 4.98 Å². The molecule has 1 heterocycles. The summed E-state index contributed by atoms with van der Waals surface area (Å²) in [6, 6.07) is 15.1. The average molecular weight is 491 g/mol. The van der Waals surface area contributed by atoms with E-state index in [2.05, 4.69) is 10.3 Å². The van der Waals surface area contributed by atoms with E-state index in [0.29, 0.717) is 40.7 Å². The predicted molar refractivity (Wildman–Crippen MR) is 136 cm³/mol. The molecular formula is C28H27FN2O5. The highest BCUT2D eigenvalue weighted by molar-refractivity contribution is 5.94. The van der Waals surface area contributed by atoms with Crippen LogP contribution in [0.15, 0.2) is 60.8 Å². The van der Waals surface area contributed by atoms with Crippen molar-refractivity contribution in [2.24, 2.45) is 0 Å². The minimum atomic E-state index is -0.349. The lowest BCUT2D eigenvalue weighted by molar-refractivity contribution is -0.115. The highest BCUT2D eigenvalue weighted by atomic mass is 19.1. The molecule has 0 aliphatic heterocycles. The van der Waals surface area contributed by atoms with E-state index in [1.54, 1.807) is 45.7 Å². The first kappa shape index (κ1) is 24.8. The van der Waals surface area contributed by atoms with E-state index in [1.165, 1.54) is 19.2 Å². The fourth-order valence-electron chi connectivity index (χ4n) is 4.05. The number of methoxy groups -OCH3 is 4. The van der Waals surface area contributed by atoms with Crippen molar-refractivity contribution in [2.45, 2.75) is 12.8 Å². The molecule has 0 aliphatic rings. The first-order chi connectivity index (χ1) is 17.4. The summed E-state index contributed by atoms with van der Waals surface area (Å²) in [7, 11) is 6.27. The number of aromatic nitrogens is 1. The van der Waals surface area contributed by atoms with E-state index < -0.39 is 0 Å². The first-order valence-corrected chi connectivity index (χ1v) is 11.2. The molecular weight excluding hydrogens is 463 g/mol. The fraction of sp³-hybridized carbons (Fsp3) is 0.214. The first-order valence-electron chi connectivity index (χ1n) is 11.2. The third-order valence-electron chi connectivity index (χ3n) is 5.87. The normalized spacial score (nSPS) is 10.7. The van der Waals surface area contributed by atoms with E-state index in [0.717, 1.165) is 22.0 Å². The number of nitrogens with zero attached hydrogens (tertiary/aromatic N) is 1. The van der Waals surface area contributed by atoms with Crippen molar-refractivity contribution in [3.05, 3.63) is 83.4 Å². The molecule has 1 N–H and O–H groups in total. The van der Waals surface area contributed by atoms with Crippen LogP contribution in [0.1, 0.15) is 16.8 Å². The van der Waals surface area contributed by atoms with Gasteiger partial charge in [-0.25, -0.2) is 4.39 Å². The zero-order valence-corrected chi connectivity index (χ0v) is 20.6. The second-order valence-corrected chi connectivity index (χ2v) is 8.08. The molecule has 0 spiro atoms. The minimum absolute atomic E-state index is 0.0948. The van der Waals surface area contributed by atoms with Gasteiger partial charge in [0.05, 0.1) is 40.6 Å². The Kier molecular flexibility index (Phi) is 7.53. The minimum Gasteiger partial charge on any atom is -0.493 e. The molecule has 0 bridgehead atoms. The Balaban J connectivity index is 1.72. The second-order valence-electron chi connectivity index (χ2n) is 8.08. The van der Waals surface area contributed by atoms with Crippen molar-refractivity contribution < 1.29 is 28.1 Å². The molecule has 0 radical (unpaired) electrons. The van der Waals surface area contributed by atoms with Gasteiger partial charge < -0.3 is 24.3 Å². The number of ether oxygens (including phenoxy) is 4. The number of amides is 1. The van der Waals surface area contributed by atoms with E-state index in [-0.39, 0.29) is 18.1 Å². The molecule has 3 aromatic carbocycles. The molecule has 36 heavy (non-hydrogen) atoms. The Hall–Kier alpha value is -4.33. The molecule has 4 rings (SSSR count). The van der Waals surface area contributed by atoms with Gasteiger partial charge in [-0.15, -0.1) is 0 Å². The molecule has 1 aromatic heterocycles. The van der Waals surface area contributed by atoms with E-state index >= 15 is 0 Å². The second kappa shape index (κ2) is 10.9. The smallest absolute Gasteiger partial charge is 0.228 e. The number of benzene rings is 3. The molecule has 0 atom stereocenters. The number of hydrogen-bond donors (Lipinski definition) is 1. The Labute approximate surface area is 208 Å². The predicted octanol–water partition coefficient (Wildman–Crippen LogP) is 5.18. The number of fused-ring (bicyclic) bond motifs is 1. The van der Waals surface area contributed by atoms with Crippen LogP contribution in [0.5, 0.6) is 23.0 Å². The summed E-state index contributed by atoms with van der Waals surface area (Å²) in [6.45, 7) is 0. The molecule has 0 fully saturated rings. The lowest BCUT2D eigenvalue weighted by Crippen LogP contribution is -2.16. The van der Waals surface area contributed by atoms with Gasteiger partial charge in [0, 0.05) is 29.8 Å². The van der Waals surface area contributed by atoms with Crippen molar-refractivity contribution in [1.29, 1.82) is 0 Å². The third-order valence-corrected chi connectivity index (χ3v) is 5.87. The molecule has 8 heteroatoms. The van der Waals surface area contributed by atoms with Crippen LogP contribution in [-0.2, 0) is 17.6 Å². The third kappa shape index (κ3) is 5.33. The zero-order valence-electron chi connectivity index (χ0n) is 20.6. The van der Waals surface area contributed by atoms with Gasteiger partial charge >= 0.3 is 0 Å². The van der Waals surface area contributed by atoms with Gasteiger partial charge in [0.15, 0.2) is 23.0 Å². The number of nitrogens with one attached hydrogen (secondary N) is 1. The number of anilines is 1. The van der Waals surface area contributed by atoms with Gasteiger partial charge in [-0.2, -0.15) is 0 Å². The van der Waals surface area contributed by atoms with Gasteiger partial charge in [-0.1, -0.05) is 12.1 Å². The SMILES string of the molecule is COc1cc(Cc2nccc3cc(OC)c(OC)cc23)c(NC(=O)Cc2ccc(F)cc2)cc1OC. The highest BCUT2D eigenvalue weighted by Gasteiger charge is 2.17. The van der Waals surface area contributed by atoms with E-state index in [4.69, 9.17) is 18.9 Å². The monoisotopic (exact) mass is 490 g/mol. The summed E-state index contributed by atoms with van der Waals surface area (Å²) in [4.78, 5) is 17.5. The highest BCUT2D eigenvalue weighted by Crippen LogP contribution is 2.37. The van der Waals surface area contributed by atoms with Crippen molar-refractivity contribution in [2.75, 3.05) is 33.8 Å². The number of hydrogen-bond acceptors (Lipinski definition) is 6. The maximum absolute atomic E-state index is 13.2. The average Bonchev–Trinajstić information content (AvgIpc) is 2.89. The zero-order chi connectivity index (χ0) is 25.7. The van der Waals surface area contributed by atoms with Crippen molar-refractivity contribution in [3.8, 4) is 23.0 Å². The summed E-state index contributed by atoms with van der Waals surface area (Å²) in [5.74, 6) is 1.64. The lowest BCUT2D eigenvalue weighted by Gasteiger charge is -2.17. The van der Waals surface area contributed by atoms with Gasteiger partial charge in [-0.05, 0) is 52.9 Å². The number of halogens is 1. The van der Waals surface area contributed by atoms with Crippen LogP contribution in [0.25, 0.3) is 10.8 Å². The van der Waals surface area contributed by atoms with Gasteiger partial charge in [0.1, 0.15) is 5.82 Å². The fourth-order valence-corrected chi connectivity index (χ4v) is 4.05. The van der Waals surface area contributed by atoms with Crippen LogP contribution in [0.4, 0.5) is 10.1 Å². The summed E-state index contributed by atoms with van der Waals surface area (Å²) in [5, 5.41) is 4.81. The Morgan fingerprint density at radius 3 is 2.11 bits per heavy atom. The molecule has 4 aromatic rings. The van der Waals surface area contributed by atoms with Gasteiger partial charge in [0.2, 0.25) is 5.91 Å². The van der Waals surface area contributed by atoms with E-state index in [9.17, 15) is 9.18 Å². The molecule has 0 saturated carbocycles. The summed E-state index contributed by atoms with van der Waals surface area (Å²) in [6.07, 6.45) is 2.23. The Morgan fingerprint density at radius 1 is 0.833 bits per heavy atom. The quantitative estimate of drug-likeness (QED) is 0.348. The van der Waals surface area contributed by atoms with Crippen molar-refractivity contribution >= 4 is 22.4 Å². The van der Waals surface area contributed by atoms with Gasteiger partial charge in [-0.3, -0.25) is 9.78 Å². The molecule has 0 unspecified atom stereocenters. The summed E-state index contributed by atoms with van der Waals surface area (Å²) in [5.41, 5.74) is 2.84. The van der Waals surface area contributed by atoms with Crippen molar-refractivity contribution in [3.63, 3.8) is 0 Å². The molecule has 186 valence electrons. The maximum Gasteiger partial charge on any atom is 0.228 e. The largest absolute Gasteiger partial charge is 0.493 e. The number of rotatable bonds is 9. The lowest BCUT2D eigenvalue weighted by atomic mass is 10.0. The van der Waals surface area contributed by atoms with Crippen LogP contribution in [0.3, 0.4) is 0 Å². The van der Waals surface area contributed by atoms with Gasteiger partial charge in [0.25, 0.3) is 0 Å². The molecule has 0 saturated heterocycles. The van der Waals surface area contributed by atoms with Crippen LogP contribution in [0, 0.1) is 5.82 Å². The Morgan fingerprint density at radius 2 is 1.44 bits per heavy atom. The Bertz CT molecular complexity index is 1390. The molecule has 1 amide bonds.